The third-order valence-electron chi connectivity index (χ3n) is 3.67. The molecule has 1 aliphatic heterocycles. The number of rotatable bonds is 4. The van der Waals surface area contributed by atoms with Crippen molar-refractivity contribution in [1.82, 2.24) is 4.90 Å². The topological polar surface area (TPSA) is 105 Å². The fourth-order valence-electron chi connectivity index (χ4n) is 2.51. The maximum absolute atomic E-state index is 12.4. The van der Waals surface area contributed by atoms with Crippen molar-refractivity contribution >= 4 is 12.1 Å². The van der Waals surface area contributed by atoms with Crippen LogP contribution in [-0.2, 0) is 20.9 Å². The Balaban J connectivity index is 2.00. The highest BCUT2D eigenvalue weighted by atomic mass is 16.6. The molecule has 0 N–H and O–H groups in total. The number of benzene rings is 1. The third-order valence-corrected chi connectivity index (χ3v) is 3.67. The van der Waals surface area contributed by atoms with E-state index < -0.39 is 29.6 Å². The summed E-state index contributed by atoms with van der Waals surface area (Å²) in [6.45, 7) is 5.65. The Kier molecular flexibility index (Phi) is 5.88. The average molecular weight is 346 g/mol. The van der Waals surface area contributed by atoms with Gasteiger partial charge in [-0.3, -0.25) is 4.79 Å². The molecule has 1 aromatic rings. The lowest BCUT2D eigenvalue weighted by Crippen LogP contribution is -2.36. The Morgan fingerprint density at radius 1 is 1.28 bits per heavy atom. The van der Waals surface area contributed by atoms with Gasteiger partial charge < -0.3 is 14.4 Å². The first-order valence-electron chi connectivity index (χ1n) is 8.03. The van der Waals surface area contributed by atoms with Gasteiger partial charge in [-0.25, -0.2) is 4.79 Å². The minimum atomic E-state index is -0.702. The smallest absolute Gasteiger partial charge is 0.410 e. The van der Waals surface area contributed by atoms with Crippen LogP contribution < -0.4 is 0 Å². The van der Waals surface area contributed by atoms with Gasteiger partial charge in [-0.1, -0.05) is 35.4 Å². The normalized spacial score (nSPS) is 19.9. The van der Waals surface area contributed by atoms with Gasteiger partial charge >= 0.3 is 12.1 Å². The molecule has 1 amide bonds. The molecule has 8 heteroatoms. The summed E-state index contributed by atoms with van der Waals surface area (Å²) in [6, 6.07) is 8.61. The molecule has 0 bridgehead atoms. The molecule has 1 fully saturated rings. The summed E-state index contributed by atoms with van der Waals surface area (Å²) in [7, 11) is 0. The number of likely N-dealkylation sites (tertiary alicyclic amines) is 1. The molecule has 0 aromatic heterocycles. The first-order chi connectivity index (χ1) is 11.8. The van der Waals surface area contributed by atoms with Crippen molar-refractivity contribution in [2.24, 2.45) is 11.0 Å². The van der Waals surface area contributed by atoms with Crippen LogP contribution in [0.25, 0.3) is 10.4 Å². The van der Waals surface area contributed by atoms with E-state index in [1.807, 2.05) is 30.3 Å². The molecule has 1 aliphatic rings. The van der Waals surface area contributed by atoms with Crippen LogP contribution in [0, 0.1) is 5.92 Å². The standard InChI is InChI=1S/C17H22N4O4/c1-17(2,3)25-16(23)21-9-13(14(10-21)19-20-18)15(22)24-11-12-7-5-4-6-8-12/h4-8,13-14H,9-11H2,1-3H3/t13-,14+/m1/s1. The largest absolute Gasteiger partial charge is 0.461 e. The second-order valence-electron chi connectivity index (χ2n) is 6.86. The first kappa shape index (κ1) is 18.6. The van der Waals surface area contributed by atoms with E-state index in [0.29, 0.717) is 0 Å². The third kappa shape index (κ3) is 5.39. The minimum Gasteiger partial charge on any atom is -0.461 e. The Morgan fingerprint density at radius 3 is 2.56 bits per heavy atom. The Morgan fingerprint density at radius 2 is 1.96 bits per heavy atom. The quantitative estimate of drug-likeness (QED) is 0.361. The minimum absolute atomic E-state index is 0.103. The molecular formula is C17H22N4O4. The van der Waals surface area contributed by atoms with Crippen LogP contribution in [0.3, 0.4) is 0 Å². The number of hydrogen-bond donors (Lipinski definition) is 0. The Labute approximate surface area is 146 Å². The van der Waals surface area contributed by atoms with E-state index in [4.69, 9.17) is 15.0 Å². The van der Waals surface area contributed by atoms with Crippen LogP contribution in [-0.4, -0.2) is 41.7 Å². The molecular weight excluding hydrogens is 324 g/mol. The number of azide groups is 1. The lowest BCUT2D eigenvalue weighted by Gasteiger charge is -2.24. The highest BCUT2D eigenvalue weighted by Gasteiger charge is 2.41. The van der Waals surface area contributed by atoms with E-state index in [1.54, 1.807) is 20.8 Å². The van der Waals surface area contributed by atoms with Gasteiger partial charge in [0.05, 0.1) is 12.0 Å². The molecule has 2 atom stereocenters. The van der Waals surface area contributed by atoms with Crippen molar-refractivity contribution in [1.29, 1.82) is 0 Å². The van der Waals surface area contributed by atoms with Crippen LogP contribution in [0.1, 0.15) is 26.3 Å². The van der Waals surface area contributed by atoms with E-state index in [0.717, 1.165) is 5.56 Å². The van der Waals surface area contributed by atoms with E-state index in [-0.39, 0.29) is 19.7 Å². The average Bonchev–Trinajstić information content (AvgIpc) is 2.97. The number of ether oxygens (including phenoxy) is 2. The summed E-state index contributed by atoms with van der Waals surface area (Å²) in [5.74, 6) is -1.19. The van der Waals surface area contributed by atoms with E-state index in [9.17, 15) is 9.59 Å². The maximum atomic E-state index is 12.4. The number of carbonyl (C=O) groups excluding carboxylic acids is 2. The molecule has 8 nitrogen and oxygen atoms in total. The van der Waals surface area contributed by atoms with Gasteiger partial charge in [-0.15, -0.1) is 0 Å². The predicted octanol–water partition coefficient (Wildman–Crippen LogP) is 3.28. The summed E-state index contributed by atoms with van der Waals surface area (Å²) in [4.78, 5) is 28.7. The van der Waals surface area contributed by atoms with Gasteiger partial charge in [0.15, 0.2) is 0 Å². The SMILES string of the molecule is CC(C)(C)OC(=O)N1C[C@H](N=[N+]=[N-])[C@H](C(=O)OCc2ccccc2)C1. The van der Waals surface area contributed by atoms with E-state index in [2.05, 4.69) is 10.0 Å². The molecule has 0 aliphatic carbocycles. The van der Waals surface area contributed by atoms with E-state index in [1.165, 1.54) is 4.90 Å². The zero-order chi connectivity index (χ0) is 18.4. The van der Waals surface area contributed by atoms with Crippen molar-refractivity contribution in [2.75, 3.05) is 13.1 Å². The molecule has 1 saturated heterocycles. The summed E-state index contributed by atoms with van der Waals surface area (Å²) in [6.07, 6.45) is -0.538. The second-order valence-corrected chi connectivity index (χ2v) is 6.86. The molecule has 0 radical (unpaired) electrons. The van der Waals surface area contributed by atoms with Crippen molar-refractivity contribution in [2.45, 2.75) is 39.0 Å². The van der Waals surface area contributed by atoms with Crippen LogP contribution >= 0.6 is 0 Å². The fraction of sp³-hybridized carbons (Fsp3) is 0.529. The second kappa shape index (κ2) is 7.90. The van der Waals surface area contributed by atoms with Crippen LogP contribution in [0.15, 0.2) is 35.4 Å². The maximum Gasteiger partial charge on any atom is 0.410 e. The fourth-order valence-corrected chi connectivity index (χ4v) is 2.51. The first-order valence-corrected chi connectivity index (χ1v) is 8.03. The van der Waals surface area contributed by atoms with Crippen LogP contribution in [0.5, 0.6) is 0 Å². The summed E-state index contributed by atoms with van der Waals surface area (Å²) in [5, 5.41) is 3.64. The number of hydrogen-bond acceptors (Lipinski definition) is 5. The molecule has 0 saturated carbocycles. The van der Waals surface area contributed by atoms with Crippen LogP contribution in [0.2, 0.25) is 0 Å². The lowest BCUT2D eigenvalue weighted by molar-refractivity contribution is -0.149. The predicted molar refractivity (Wildman–Crippen MR) is 90.5 cm³/mol. The van der Waals surface area contributed by atoms with Gasteiger partial charge in [0.1, 0.15) is 12.2 Å². The Hall–Kier alpha value is -2.73. The van der Waals surface area contributed by atoms with Gasteiger partial charge in [-0.2, -0.15) is 0 Å². The van der Waals surface area contributed by atoms with Crippen molar-refractivity contribution in [3.63, 3.8) is 0 Å². The lowest BCUT2D eigenvalue weighted by atomic mass is 10.1. The van der Waals surface area contributed by atoms with Crippen molar-refractivity contribution < 1.29 is 19.1 Å². The summed E-state index contributed by atoms with van der Waals surface area (Å²) < 4.78 is 10.6. The van der Waals surface area contributed by atoms with Gasteiger partial charge in [0.2, 0.25) is 0 Å². The number of carbonyl (C=O) groups is 2. The molecule has 25 heavy (non-hydrogen) atoms. The van der Waals surface area contributed by atoms with Crippen molar-refractivity contribution in [3.05, 3.63) is 46.3 Å². The zero-order valence-electron chi connectivity index (χ0n) is 14.6. The van der Waals surface area contributed by atoms with Crippen molar-refractivity contribution in [3.8, 4) is 0 Å². The molecule has 134 valence electrons. The monoisotopic (exact) mass is 346 g/mol. The molecule has 1 heterocycles. The Bertz CT molecular complexity index is 665. The number of esters is 1. The van der Waals surface area contributed by atoms with E-state index >= 15 is 0 Å². The summed E-state index contributed by atoms with van der Waals surface area (Å²) >= 11 is 0. The number of nitrogens with zero attached hydrogens (tertiary/aromatic N) is 4. The molecule has 0 unspecified atom stereocenters. The molecule has 1 aromatic carbocycles. The van der Waals surface area contributed by atoms with Gasteiger partial charge in [0.25, 0.3) is 0 Å². The van der Waals surface area contributed by atoms with Crippen LogP contribution in [0.4, 0.5) is 4.79 Å². The zero-order valence-corrected chi connectivity index (χ0v) is 14.6. The van der Waals surface area contributed by atoms with Gasteiger partial charge in [-0.05, 0) is 31.9 Å². The number of amides is 1. The highest BCUT2D eigenvalue weighted by Crippen LogP contribution is 2.24. The molecule has 2 rings (SSSR count). The highest BCUT2D eigenvalue weighted by molar-refractivity contribution is 5.77. The molecule has 0 spiro atoms. The summed E-state index contributed by atoms with van der Waals surface area (Å²) in [5.41, 5.74) is 8.93. The van der Waals surface area contributed by atoms with Gasteiger partial charge in [0, 0.05) is 18.0 Å².